The van der Waals surface area contributed by atoms with Gasteiger partial charge in [-0.05, 0) is 12.1 Å². The number of aliphatic hydroxyl groups is 1. The van der Waals surface area contributed by atoms with Crippen LogP contribution in [0.1, 0.15) is 23.7 Å². The Morgan fingerprint density at radius 2 is 1.89 bits per heavy atom. The zero-order valence-electron chi connectivity index (χ0n) is 10.3. The molecule has 1 aromatic carbocycles. The molecule has 0 atom stereocenters. The Morgan fingerprint density at radius 1 is 1.28 bits per heavy atom. The highest BCUT2D eigenvalue weighted by atomic mass is 16.5. The second-order valence-electron chi connectivity index (χ2n) is 3.49. The van der Waals surface area contributed by atoms with E-state index in [2.05, 4.69) is 10.1 Å². The van der Waals surface area contributed by atoms with Crippen molar-refractivity contribution in [1.82, 2.24) is 5.32 Å². The Labute approximate surface area is 105 Å². The Hall–Kier alpha value is -2.30. The van der Waals surface area contributed by atoms with E-state index in [0.717, 1.165) is 0 Å². The van der Waals surface area contributed by atoms with E-state index in [1.807, 2.05) is 0 Å². The van der Waals surface area contributed by atoms with E-state index in [9.17, 15) is 14.7 Å². The predicted molar refractivity (Wildman–Crippen MR) is 65.9 cm³/mol. The highest BCUT2D eigenvalue weighted by Gasteiger charge is 2.18. The molecule has 5 nitrogen and oxygen atoms in total. The molecule has 1 rings (SSSR count). The van der Waals surface area contributed by atoms with Crippen molar-refractivity contribution in [2.24, 2.45) is 0 Å². The molecular formula is C13H15NO4. The van der Waals surface area contributed by atoms with Crippen LogP contribution >= 0.6 is 0 Å². The van der Waals surface area contributed by atoms with Crippen LogP contribution in [-0.2, 0) is 9.53 Å². The molecule has 0 bridgehead atoms. The fraction of sp³-hybridized carbons (Fsp3) is 0.231. The quantitative estimate of drug-likeness (QED) is 0.484. The van der Waals surface area contributed by atoms with Crippen LogP contribution in [0.25, 0.3) is 0 Å². The monoisotopic (exact) mass is 249 g/mol. The Balaban J connectivity index is 2.93. The van der Waals surface area contributed by atoms with Crippen molar-refractivity contribution in [2.45, 2.75) is 13.3 Å². The van der Waals surface area contributed by atoms with Gasteiger partial charge in [-0.1, -0.05) is 25.1 Å². The lowest BCUT2D eigenvalue weighted by Crippen LogP contribution is -2.29. The number of hydrogen-bond acceptors (Lipinski definition) is 4. The van der Waals surface area contributed by atoms with Gasteiger partial charge in [-0.2, -0.15) is 0 Å². The molecule has 0 spiro atoms. The SMILES string of the molecule is CC/C(O)=C(/NC(=O)c1ccccc1)C(=O)OC. The molecular weight excluding hydrogens is 234 g/mol. The van der Waals surface area contributed by atoms with Gasteiger partial charge in [-0.25, -0.2) is 4.79 Å². The number of ether oxygens (including phenoxy) is 1. The van der Waals surface area contributed by atoms with Gasteiger partial charge in [0.2, 0.25) is 0 Å². The number of allylic oxidation sites excluding steroid dienone is 1. The molecule has 0 saturated heterocycles. The smallest absolute Gasteiger partial charge is 0.358 e. The third-order valence-corrected chi connectivity index (χ3v) is 2.29. The number of carbonyl (C=O) groups excluding carboxylic acids is 2. The van der Waals surface area contributed by atoms with Crippen LogP contribution in [0.3, 0.4) is 0 Å². The van der Waals surface area contributed by atoms with Gasteiger partial charge in [0.15, 0.2) is 5.70 Å². The van der Waals surface area contributed by atoms with Crippen LogP contribution in [0.15, 0.2) is 41.8 Å². The summed E-state index contributed by atoms with van der Waals surface area (Å²) in [5.74, 6) is -1.47. The summed E-state index contributed by atoms with van der Waals surface area (Å²) in [7, 11) is 1.18. The molecule has 0 aliphatic heterocycles. The van der Waals surface area contributed by atoms with Crippen molar-refractivity contribution >= 4 is 11.9 Å². The van der Waals surface area contributed by atoms with E-state index in [1.165, 1.54) is 7.11 Å². The Bertz CT molecular complexity index is 465. The van der Waals surface area contributed by atoms with E-state index in [0.29, 0.717) is 5.56 Å². The predicted octanol–water partition coefficient (Wildman–Crippen LogP) is 1.77. The van der Waals surface area contributed by atoms with Gasteiger partial charge in [0, 0.05) is 12.0 Å². The fourth-order valence-electron chi connectivity index (χ4n) is 1.30. The van der Waals surface area contributed by atoms with Crippen molar-refractivity contribution < 1.29 is 19.4 Å². The highest BCUT2D eigenvalue weighted by molar-refractivity contribution is 6.01. The summed E-state index contributed by atoms with van der Waals surface area (Å²) in [5.41, 5.74) is 0.164. The topological polar surface area (TPSA) is 75.6 Å². The number of rotatable bonds is 4. The lowest BCUT2D eigenvalue weighted by atomic mass is 10.2. The number of amides is 1. The van der Waals surface area contributed by atoms with E-state index in [-0.39, 0.29) is 17.9 Å². The van der Waals surface area contributed by atoms with Crippen LogP contribution in [0, 0.1) is 0 Å². The zero-order chi connectivity index (χ0) is 13.5. The van der Waals surface area contributed by atoms with Gasteiger partial charge in [-0.3, -0.25) is 4.79 Å². The zero-order valence-corrected chi connectivity index (χ0v) is 10.3. The first-order valence-electron chi connectivity index (χ1n) is 5.47. The number of aliphatic hydroxyl groups excluding tert-OH is 1. The van der Waals surface area contributed by atoms with E-state index >= 15 is 0 Å². The lowest BCUT2D eigenvalue weighted by molar-refractivity contribution is -0.136. The third kappa shape index (κ3) is 3.35. The molecule has 0 fully saturated rings. The molecule has 0 aliphatic carbocycles. The summed E-state index contributed by atoms with van der Waals surface area (Å²) >= 11 is 0. The summed E-state index contributed by atoms with van der Waals surface area (Å²) in [6.45, 7) is 1.66. The number of esters is 1. The van der Waals surface area contributed by atoms with Crippen molar-refractivity contribution in [3.05, 3.63) is 47.4 Å². The first kappa shape index (κ1) is 13.8. The van der Waals surface area contributed by atoms with E-state index in [4.69, 9.17) is 0 Å². The molecule has 1 aromatic rings. The Kier molecular flexibility index (Phi) is 4.92. The second-order valence-corrected chi connectivity index (χ2v) is 3.49. The number of carbonyl (C=O) groups is 2. The van der Waals surface area contributed by atoms with Crippen molar-refractivity contribution in [3.8, 4) is 0 Å². The summed E-state index contributed by atoms with van der Waals surface area (Å²) < 4.78 is 4.50. The number of methoxy groups -OCH3 is 1. The second kappa shape index (κ2) is 6.44. The number of hydrogen-bond donors (Lipinski definition) is 2. The normalized spacial score (nSPS) is 11.4. The van der Waals surface area contributed by atoms with Gasteiger partial charge in [-0.15, -0.1) is 0 Å². The minimum atomic E-state index is -0.779. The van der Waals surface area contributed by atoms with Crippen molar-refractivity contribution in [3.63, 3.8) is 0 Å². The largest absolute Gasteiger partial charge is 0.510 e. The average molecular weight is 249 g/mol. The molecule has 1 amide bonds. The first-order chi connectivity index (χ1) is 8.60. The van der Waals surface area contributed by atoms with Gasteiger partial charge < -0.3 is 15.2 Å². The van der Waals surface area contributed by atoms with E-state index in [1.54, 1.807) is 37.3 Å². The molecule has 2 N–H and O–H groups in total. The third-order valence-electron chi connectivity index (χ3n) is 2.29. The van der Waals surface area contributed by atoms with E-state index < -0.39 is 11.9 Å². The van der Waals surface area contributed by atoms with Crippen molar-refractivity contribution in [1.29, 1.82) is 0 Å². The minimum absolute atomic E-state index is 0.217. The van der Waals surface area contributed by atoms with Gasteiger partial charge in [0.05, 0.1) is 7.11 Å². The minimum Gasteiger partial charge on any atom is -0.510 e. The standard InChI is InChI=1S/C13H15NO4/c1-3-10(15)11(13(17)18-2)14-12(16)9-7-5-4-6-8-9/h4-8,15H,3H2,1-2H3,(H,14,16)/b11-10-. The van der Waals surface area contributed by atoms with Crippen LogP contribution in [0.2, 0.25) is 0 Å². The molecule has 0 saturated carbocycles. The van der Waals surface area contributed by atoms with Gasteiger partial charge >= 0.3 is 5.97 Å². The highest BCUT2D eigenvalue weighted by Crippen LogP contribution is 2.07. The maximum Gasteiger partial charge on any atom is 0.358 e. The summed E-state index contributed by atoms with van der Waals surface area (Å²) in [4.78, 5) is 23.3. The molecule has 0 radical (unpaired) electrons. The molecule has 0 heterocycles. The summed E-state index contributed by atoms with van der Waals surface area (Å²) in [6.07, 6.45) is 0.222. The lowest BCUT2D eigenvalue weighted by Gasteiger charge is -2.09. The maximum absolute atomic E-state index is 11.8. The molecule has 0 aromatic heterocycles. The Morgan fingerprint density at radius 3 is 2.39 bits per heavy atom. The van der Waals surface area contributed by atoms with Crippen molar-refractivity contribution in [2.75, 3.05) is 7.11 Å². The summed E-state index contributed by atoms with van der Waals surface area (Å²) in [6, 6.07) is 8.39. The van der Waals surface area contributed by atoms with Gasteiger partial charge in [0.25, 0.3) is 5.91 Å². The van der Waals surface area contributed by atoms with Crippen LogP contribution in [-0.4, -0.2) is 24.1 Å². The number of nitrogens with one attached hydrogen (secondary N) is 1. The molecule has 18 heavy (non-hydrogen) atoms. The molecule has 96 valence electrons. The van der Waals surface area contributed by atoms with Gasteiger partial charge in [0.1, 0.15) is 5.76 Å². The number of benzene rings is 1. The fourth-order valence-corrected chi connectivity index (χ4v) is 1.30. The summed E-state index contributed by atoms with van der Waals surface area (Å²) in [5, 5.41) is 11.9. The molecule has 0 unspecified atom stereocenters. The van der Waals surface area contributed by atoms with Crippen LogP contribution in [0.4, 0.5) is 0 Å². The molecule has 0 aliphatic rings. The van der Waals surface area contributed by atoms with Crippen LogP contribution < -0.4 is 5.32 Å². The molecule has 5 heteroatoms. The maximum atomic E-state index is 11.8. The van der Waals surface area contributed by atoms with Crippen LogP contribution in [0.5, 0.6) is 0 Å². The first-order valence-corrected chi connectivity index (χ1v) is 5.47. The average Bonchev–Trinajstić information content (AvgIpc) is 2.43.